The number of hydrogen-bond donors (Lipinski definition) is 1. The Morgan fingerprint density at radius 3 is 3.29 bits per heavy atom. The number of nitrogen functional groups attached to an aromatic ring is 1. The SMILES string of the molecule is Nc1cnccc1OCC1CCCO1. The molecule has 0 radical (unpaired) electrons. The second-order valence-electron chi connectivity index (χ2n) is 3.36. The van der Waals surface area contributed by atoms with E-state index < -0.39 is 0 Å². The Hall–Kier alpha value is -1.29. The van der Waals surface area contributed by atoms with Crippen LogP contribution in [0.15, 0.2) is 18.5 Å². The lowest BCUT2D eigenvalue weighted by molar-refractivity contribution is 0.0682. The lowest BCUT2D eigenvalue weighted by Crippen LogP contribution is -2.16. The molecule has 0 bridgehead atoms. The second-order valence-corrected chi connectivity index (χ2v) is 3.36. The van der Waals surface area contributed by atoms with E-state index in [1.807, 2.05) is 0 Å². The van der Waals surface area contributed by atoms with Crippen molar-refractivity contribution in [1.82, 2.24) is 4.98 Å². The summed E-state index contributed by atoms with van der Waals surface area (Å²) in [7, 11) is 0. The van der Waals surface area contributed by atoms with E-state index >= 15 is 0 Å². The summed E-state index contributed by atoms with van der Waals surface area (Å²) in [6.07, 6.45) is 5.68. The summed E-state index contributed by atoms with van der Waals surface area (Å²) in [5, 5.41) is 0. The van der Waals surface area contributed by atoms with Crippen molar-refractivity contribution in [3.63, 3.8) is 0 Å². The molecule has 2 N–H and O–H groups in total. The zero-order valence-electron chi connectivity index (χ0n) is 7.98. The highest BCUT2D eigenvalue weighted by Gasteiger charge is 2.16. The van der Waals surface area contributed by atoms with Crippen molar-refractivity contribution in [2.45, 2.75) is 18.9 Å². The Morgan fingerprint density at radius 2 is 2.57 bits per heavy atom. The fourth-order valence-corrected chi connectivity index (χ4v) is 1.48. The van der Waals surface area contributed by atoms with Gasteiger partial charge in [0.05, 0.1) is 18.0 Å². The van der Waals surface area contributed by atoms with Gasteiger partial charge in [-0.3, -0.25) is 4.98 Å². The zero-order chi connectivity index (χ0) is 9.80. The second kappa shape index (κ2) is 4.28. The van der Waals surface area contributed by atoms with Crippen LogP contribution >= 0.6 is 0 Å². The van der Waals surface area contributed by atoms with Crippen molar-refractivity contribution in [2.75, 3.05) is 18.9 Å². The molecular weight excluding hydrogens is 180 g/mol. The minimum absolute atomic E-state index is 0.225. The minimum Gasteiger partial charge on any atom is -0.489 e. The number of ether oxygens (including phenoxy) is 2. The number of anilines is 1. The zero-order valence-corrected chi connectivity index (χ0v) is 7.98. The monoisotopic (exact) mass is 194 g/mol. The average molecular weight is 194 g/mol. The molecule has 14 heavy (non-hydrogen) atoms. The predicted molar refractivity (Wildman–Crippen MR) is 53.1 cm³/mol. The van der Waals surface area contributed by atoms with Crippen LogP contribution in [0.2, 0.25) is 0 Å². The smallest absolute Gasteiger partial charge is 0.145 e. The van der Waals surface area contributed by atoms with Gasteiger partial charge in [-0.25, -0.2) is 0 Å². The molecule has 2 rings (SSSR count). The maximum atomic E-state index is 5.68. The lowest BCUT2D eigenvalue weighted by atomic mass is 10.2. The van der Waals surface area contributed by atoms with Crippen molar-refractivity contribution >= 4 is 5.69 Å². The maximum absolute atomic E-state index is 5.68. The standard InChI is InChI=1S/C10H14N2O2/c11-9-6-12-4-3-10(9)14-7-8-2-1-5-13-8/h3-4,6,8H,1-2,5,7,11H2. The quantitative estimate of drug-likeness (QED) is 0.786. The Balaban J connectivity index is 1.88. The number of pyridine rings is 1. The van der Waals surface area contributed by atoms with E-state index in [1.165, 1.54) is 0 Å². The highest BCUT2D eigenvalue weighted by molar-refractivity contribution is 5.49. The lowest BCUT2D eigenvalue weighted by Gasteiger charge is -2.12. The summed E-state index contributed by atoms with van der Waals surface area (Å²) in [6, 6.07) is 1.77. The summed E-state index contributed by atoms with van der Waals surface area (Å²) < 4.78 is 11.0. The van der Waals surface area contributed by atoms with E-state index in [4.69, 9.17) is 15.2 Å². The average Bonchev–Trinajstić information content (AvgIpc) is 2.69. The summed E-state index contributed by atoms with van der Waals surface area (Å²) >= 11 is 0. The maximum Gasteiger partial charge on any atom is 0.145 e. The fraction of sp³-hybridized carbons (Fsp3) is 0.500. The minimum atomic E-state index is 0.225. The first-order valence-corrected chi connectivity index (χ1v) is 4.80. The summed E-state index contributed by atoms with van der Waals surface area (Å²) in [4.78, 5) is 3.89. The van der Waals surface area contributed by atoms with Gasteiger partial charge in [-0.2, -0.15) is 0 Å². The van der Waals surface area contributed by atoms with Crippen LogP contribution in [0.3, 0.4) is 0 Å². The Bertz CT molecular complexity index is 298. The molecule has 1 aromatic rings. The van der Waals surface area contributed by atoms with Gasteiger partial charge >= 0.3 is 0 Å². The fourth-order valence-electron chi connectivity index (χ4n) is 1.48. The van der Waals surface area contributed by atoms with E-state index in [-0.39, 0.29) is 6.10 Å². The number of nitrogens with zero attached hydrogens (tertiary/aromatic N) is 1. The number of nitrogens with two attached hydrogens (primary N) is 1. The molecule has 1 saturated heterocycles. The third-order valence-electron chi connectivity index (χ3n) is 2.26. The molecular formula is C10H14N2O2. The molecule has 76 valence electrons. The molecule has 1 aromatic heterocycles. The molecule has 1 aliphatic heterocycles. The predicted octanol–water partition coefficient (Wildman–Crippen LogP) is 1.22. The molecule has 0 amide bonds. The van der Waals surface area contributed by atoms with Crippen LogP contribution in [0.25, 0.3) is 0 Å². The van der Waals surface area contributed by atoms with Crippen molar-refractivity contribution in [1.29, 1.82) is 0 Å². The molecule has 1 fully saturated rings. The van der Waals surface area contributed by atoms with Crippen LogP contribution in [0, 0.1) is 0 Å². The number of hydrogen-bond acceptors (Lipinski definition) is 4. The molecule has 1 atom stereocenters. The van der Waals surface area contributed by atoms with Gasteiger partial charge in [0, 0.05) is 18.9 Å². The first kappa shape index (κ1) is 9.27. The first-order valence-electron chi connectivity index (χ1n) is 4.80. The van der Waals surface area contributed by atoms with Crippen LogP contribution in [0.5, 0.6) is 5.75 Å². The third kappa shape index (κ3) is 2.14. The summed E-state index contributed by atoms with van der Waals surface area (Å²) in [6.45, 7) is 1.42. The van der Waals surface area contributed by atoms with E-state index in [0.29, 0.717) is 18.0 Å². The largest absolute Gasteiger partial charge is 0.489 e. The van der Waals surface area contributed by atoms with Crippen LogP contribution in [0.4, 0.5) is 5.69 Å². The first-order chi connectivity index (χ1) is 6.86. The normalized spacial score (nSPS) is 21.0. The molecule has 0 spiro atoms. The summed E-state index contributed by atoms with van der Waals surface area (Å²) in [5.74, 6) is 0.690. The van der Waals surface area contributed by atoms with Gasteiger partial charge in [0.2, 0.25) is 0 Å². The topological polar surface area (TPSA) is 57.4 Å². The van der Waals surface area contributed by atoms with Crippen LogP contribution in [-0.2, 0) is 4.74 Å². The Morgan fingerprint density at radius 1 is 1.64 bits per heavy atom. The van der Waals surface area contributed by atoms with Crippen molar-refractivity contribution < 1.29 is 9.47 Å². The van der Waals surface area contributed by atoms with E-state index in [1.54, 1.807) is 18.5 Å². The van der Waals surface area contributed by atoms with Gasteiger partial charge in [-0.1, -0.05) is 0 Å². The van der Waals surface area contributed by atoms with Gasteiger partial charge in [-0.05, 0) is 12.8 Å². The van der Waals surface area contributed by atoms with Crippen LogP contribution in [-0.4, -0.2) is 24.3 Å². The highest BCUT2D eigenvalue weighted by atomic mass is 16.5. The summed E-state index contributed by atoms with van der Waals surface area (Å²) in [5.41, 5.74) is 6.25. The number of rotatable bonds is 3. The number of aromatic nitrogens is 1. The molecule has 2 heterocycles. The van der Waals surface area contributed by atoms with Gasteiger partial charge in [0.25, 0.3) is 0 Å². The molecule has 4 heteroatoms. The molecule has 1 unspecified atom stereocenters. The molecule has 4 nitrogen and oxygen atoms in total. The van der Waals surface area contributed by atoms with Gasteiger partial charge in [0.1, 0.15) is 12.4 Å². The van der Waals surface area contributed by atoms with E-state index in [9.17, 15) is 0 Å². The van der Waals surface area contributed by atoms with Crippen LogP contribution < -0.4 is 10.5 Å². The van der Waals surface area contributed by atoms with E-state index in [2.05, 4.69) is 4.98 Å². The van der Waals surface area contributed by atoms with Gasteiger partial charge in [0.15, 0.2) is 0 Å². The van der Waals surface area contributed by atoms with Crippen molar-refractivity contribution in [3.05, 3.63) is 18.5 Å². The molecule has 0 aliphatic carbocycles. The third-order valence-corrected chi connectivity index (χ3v) is 2.26. The molecule has 0 saturated carbocycles. The molecule has 1 aliphatic rings. The van der Waals surface area contributed by atoms with E-state index in [0.717, 1.165) is 19.4 Å². The molecule has 0 aromatic carbocycles. The Kier molecular flexibility index (Phi) is 2.84. The van der Waals surface area contributed by atoms with Crippen LogP contribution in [0.1, 0.15) is 12.8 Å². The van der Waals surface area contributed by atoms with Crippen molar-refractivity contribution in [3.8, 4) is 5.75 Å². The highest BCUT2D eigenvalue weighted by Crippen LogP contribution is 2.20. The van der Waals surface area contributed by atoms with Crippen molar-refractivity contribution in [2.24, 2.45) is 0 Å². The van der Waals surface area contributed by atoms with Gasteiger partial charge in [-0.15, -0.1) is 0 Å². The Labute approximate surface area is 83.0 Å². The van der Waals surface area contributed by atoms with Gasteiger partial charge < -0.3 is 15.2 Å².